The summed E-state index contributed by atoms with van der Waals surface area (Å²) in [6.45, 7) is 3.19. The van der Waals surface area contributed by atoms with Crippen molar-refractivity contribution in [1.29, 1.82) is 0 Å². The predicted octanol–water partition coefficient (Wildman–Crippen LogP) is 3.36. The Morgan fingerprint density at radius 3 is 2.48 bits per heavy atom. The van der Waals surface area contributed by atoms with E-state index in [1.807, 2.05) is 0 Å². The number of ether oxygens (including phenoxy) is 1. The van der Waals surface area contributed by atoms with Crippen LogP contribution < -0.4 is 10.1 Å². The van der Waals surface area contributed by atoms with Crippen molar-refractivity contribution in [3.8, 4) is 5.75 Å². The number of carbonyl (C=O) groups is 1. The average Bonchev–Trinajstić information content (AvgIpc) is 2.59. The fourth-order valence-electron chi connectivity index (χ4n) is 2.22. The first-order valence-electron chi connectivity index (χ1n) is 7.94. The summed E-state index contributed by atoms with van der Waals surface area (Å²) in [5.41, 5.74) is 1.84. The number of benzene rings is 2. The summed E-state index contributed by atoms with van der Waals surface area (Å²) in [6.07, 6.45) is 0. The largest absolute Gasteiger partial charge is 0.484 e. The molecule has 0 saturated carbocycles. The molecule has 0 spiro atoms. The molecule has 1 amide bonds. The Hall–Kier alpha value is -2.16. The van der Waals surface area contributed by atoms with E-state index in [1.54, 1.807) is 19.9 Å². The van der Waals surface area contributed by atoms with E-state index in [0.717, 1.165) is 21.5 Å². The number of aryl methyl sites for hydroxylation is 1. The molecule has 27 heavy (non-hydrogen) atoms. The molecule has 9 heteroatoms. The molecule has 0 bridgehead atoms. The maximum absolute atomic E-state index is 13.1. The molecule has 0 aliphatic carbocycles. The molecule has 0 radical (unpaired) electrons. The monoisotopic (exact) mass is 414 g/mol. The number of hydrogen-bond acceptors (Lipinski definition) is 4. The number of nitrogens with zero attached hydrogens (tertiary/aromatic N) is 1. The number of hydrogen-bond donors (Lipinski definition) is 1. The van der Waals surface area contributed by atoms with Crippen LogP contribution in [0.1, 0.15) is 11.1 Å². The molecule has 0 saturated heterocycles. The van der Waals surface area contributed by atoms with Crippen molar-refractivity contribution in [2.45, 2.75) is 18.7 Å². The van der Waals surface area contributed by atoms with E-state index in [1.165, 1.54) is 32.3 Å². The van der Waals surface area contributed by atoms with Crippen LogP contribution in [0.4, 0.5) is 10.1 Å². The van der Waals surface area contributed by atoms with Gasteiger partial charge in [-0.05, 0) is 49.2 Å². The number of rotatable bonds is 6. The zero-order valence-corrected chi connectivity index (χ0v) is 16.9. The Kier molecular flexibility index (Phi) is 6.46. The Balaban J connectivity index is 2.17. The van der Waals surface area contributed by atoms with Gasteiger partial charge >= 0.3 is 0 Å². The lowest BCUT2D eigenvalue weighted by Crippen LogP contribution is -2.24. The second-order valence-corrected chi connectivity index (χ2v) is 8.67. The van der Waals surface area contributed by atoms with Crippen molar-refractivity contribution in [2.24, 2.45) is 0 Å². The third kappa shape index (κ3) is 4.97. The highest BCUT2D eigenvalue weighted by molar-refractivity contribution is 7.89. The maximum Gasteiger partial charge on any atom is 0.262 e. The lowest BCUT2D eigenvalue weighted by Gasteiger charge is -2.16. The molecule has 2 rings (SSSR count). The maximum atomic E-state index is 13.1. The van der Waals surface area contributed by atoms with E-state index in [2.05, 4.69) is 5.32 Å². The number of carbonyl (C=O) groups excluding carboxylic acids is 1. The van der Waals surface area contributed by atoms with Crippen molar-refractivity contribution < 1.29 is 22.3 Å². The number of halogens is 2. The first kappa shape index (κ1) is 21.1. The number of anilines is 1. The second-order valence-electron chi connectivity index (χ2n) is 6.11. The number of sulfonamides is 1. The lowest BCUT2D eigenvalue weighted by molar-refractivity contribution is -0.118. The van der Waals surface area contributed by atoms with Gasteiger partial charge in [-0.1, -0.05) is 11.6 Å². The van der Waals surface area contributed by atoms with Gasteiger partial charge in [0.15, 0.2) is 6.61 Å². The number of amides is 1. The zero-order valence-electron chi connectivity index (χ0n) is 15.3. The van der Waals surface area contributed by atoms with Crippen LogP contribution in [0.5, 0.6) is 5.75 Å². The van der Waals surface area contributed by atoms with Crippen LogP contribution in [-0.4, -0.2) is 39.3 Å². The molecule has 0 unspecified atom stereocenters. The van der Waals surface area contributed by atoms with E-state index < -0.39 is 21.7 Å². The molecule has 1 N–H and O–H groups in total. The first-order valence-corrected chi connectivity index (χ1v) is 9.75. The van der Waals surface area contributed by atoms with Crippen LogP contribution in [0.25, 0.3) is 0 Å². The predicted molar refractivity (Wildman–Crippen MR) is 102 cm³/mol. The summed E-state index contributed by atoms with van der Waals surface area (Å²) < 4.78 is 44.2. The SMILES string of the molecule is Cc1cc(S(=O)(=O)N(C)C)cc(NC(=O)COc2ccc(F)c(Cl)c2)c1C. The van der Waals surface area contributed by atoms with Crippen LogP contribution in [0.2, 0.25) is 5.02 Å². The topological polar surface area (TPSA) is 75.7 Å². The molecule has 0 aromatic heterocycles. The smallest absolute Gasteiger partial charge is 0.262 e. The van der Waals surface area contributed by atoms with Gasteiger partial charge in [0.25, 0.3) is 5.91 Å². The molecule has 146 valence electrons. The lowest BCUT2D eigenvalue weighted by atomic mass is 10.1. The fourth-order valence-corrected chi connectivity index (χ4v) is 3.40. The Morgan fingerprint density at radius 1 is 1.22 bits per heavy atom. The van der Waals surface area contributed by atoms with Crippen molar-refractivity contribution in [3.63, 3.8) is 0 Å². The molecule has 6 nitrogen and oxygen atoms in total. The second kappa shape index (κ2) is 8.24. The standard InChI is InChI=1S/C18H20ClFN2O4S/c1-11-7-14(27(24,25)22(3)4)9-17(12(11)2)21-18(23)10-26-13-5-6-16(20)15(19)8-13/h5-9H,10H2,1-4H3,(H,21,23). The Bertz CT molecular complexity index is 978. The highest BCUT2D eigenvalue weighted by Crippen LogP contribution is 2.26. The van der Waals surface area contributed by atoms with Crippen LogP contribution in [0.15, 0.2) is 35.2 Å². The van der Waals surface area contributed by atoms with E-state index >= 15 is 0 Å². The van der Waals surface area contributed by atoms with Gasteiger partial charge < -0.3 is 10.1 Å². The fraction of sp³-hybridized carbons (Fsp3) is 0.278. The van der Waals surface area contributed by atoms with Crippen LogP contribution >= 0.6 is 11.6 Å². The van der Waals surface area contributed by atoms with Gasteiger partial charge in [0.2, 0.25) is 10.0 Å². The normalized spacial score (nSPS) is 11.5. The van der Waals surface area contributed by atoms with Crippen LogP contribution in [0.3, 0.4) is 0 Å². The number of nitrogens with one attached hydrogen (secondary N) is 1. The quantitative estimate of drug-likeness (QED) is 0.786. The molecular formula is C18H20ClFN2O4S. The van der Waals surface area contributed by atoms with E-state index in [4.69, 9.17) is 16.3 Å². The zero-order chi connectivity index (χ0) is 20.4. The van der Waals surface area contributed by atoms with Gasteiger partial charge in [-0.25, -0.2) is 17.1 Å². The third-order valence-electron chi connectivity index (χ3n) is 3.95. The van der Waals surface area contributed by atoms with Crippen LogP contribution in [-0.2, 0) is 14.8 Å². The van der Waals surface area contributed by atoms with Gasteiger partial charge in [0, 0.05) is 25.8 Å². The van der Waals surface area contributed by atoms with Crippen molar-refractivity contribution in [1.82, 2.24) is 4.31 Å². The van der Waals surface area contributed by atoms with Gasteiger partial charge in [0.05, 0.1) is 9.92 Å². The molecular weight excluding hydrogens is 395 g/mol. The van der Waals surface area contributed by atoms with Gasteiger partial charge in [0.1, 0.15) is 11.6 Å². The van der Waals surface area contributed by atoms with Crippen molar-refractivity contribution in [3.05, 3.63) is 52.3 Å². The molecule has 0 fully saturated rings. The molecule has 0 atom stereocenters. The van der Waals surface area contributed by atoms with E-state index in [-0.39, 0.29) is 22.3 Å². The molecule has 2 aromatic rings. The van der Waals surface area contributed by atoms with Crippen LogP contribution in [0, 0.1) is 19.7 Å². The summed E-state index contributed by atoms with van der Waals surface area (Å²) in [7, 11) is -0.768. The minimum absolute atomic E-state index is 0.0807. The first-order chi connectivity index (χ1) is 12.5. The van der Waals surface area contributed by atoms with Gasteiger partial charge in [-0.3, -0.25) is 4.79 Å². The third-order valence-corrected chi connectivity index (χ3v) is 6.04. The summed E-state index contributed by atoms with van der Waals surface area (Å²) in [5.74, 6) is -0.829. The van der Waals surface area contributed by atoms with Gasteiger partial charge in [-0.2, -0.15) is 0 Å². The van der Waals surface area contributed by atoms with E-state index in [9.17, 15) is 17.6 Å². The highest BCUT2D eigenvalue weighted by atomic mass is 35.5. The van der Waals surface area contributed by atoms with Crippen molar-refractivity contribution >= 4 is 33.2 Å². The summed E-state index contributed by atoms with van der Waals surface area (Å²) in [6, 6.07) is 6.72. The average molecular weight is 415 g/mol. The minimum atomic E-state index is -3.64. The summed E-state index contributed by atoms with van der Waals surface area (Å²) >= 11 is 5.67. The summed E-state index contributed by atoms with van der Waals surface area (Å²) in [5, 5.41) is 2.53. The van der Waals surface area contributed by atoms with E-state index in [0.29, 0.717) is 5.69 Å². The van der Waals surface area contributed by atoms with Crippen molar-refractivity contribution in [2.75, 3.05) is 26.0 Å². The van der Waals surface area contributed by atoms with Gasteiger partial charge in [-0.15, -0.1) is 0 Å². The Labute approximate surface area is 162 Å². The Morgan fingerprint density at radius 2 is 1.89 bits per heavy atom. The molecule has 0 aliphatic heterocycles. The minimum Gasteiger partial charge on any atom is -0.484 e. The molecule has 0 aliphatic rings. The highest BCUT2D eigenvalue weighted by Gasteiger charge is 2.20. The summed E-state index contributed by atoms with van der Waals surface area (Å²) in [4.78, 5) is 12.3. The molecule has 2 aromatic carbocycles. The molecule has 0 heterocycles.